The van der Waals surface area contributed by atoms with Crippen molar-refractivity contribution >= 4 is 11.9 Å². The summed E-state index contributed by atoms with van der Waals surface area (Å²) >= 11 is 0. The van der Waals surface area contributed by atoms with E-state index in [1.807, 2.05) is 37.3 Å². The Hall–Kier alpha value is -3.28. The van der Waals surface area contributed by atoms with Crippen LogP contribution in [0.25, 0.3) is 5.69 Å². The van der Waals surface area contributed by atoms with Crippen LogP contribution in [0.15, 0.2) is 58.3 Å². The summed E-state index contributed by atoms with van der Waals surface area (Å²) in [5.41, 5.74) is 2.48. The number of nitrogens with zero attached hydrogens (tertiary/aromatic N) is 2. The molecule has 25 heavy (non-hydrogen) atoms. The number of methoxy groups -OCH3 is 2. The normalized spacial score (nSPS) is 11.0. The second-order valence-electron chi connectivity index (χ2n) is 5.42. The Morgan fingerprint density at radius 1 is 1.08 bits per heavy atom. The van der Waals surface area contributed by atoms with Crippen molar-refractivity contribution in [3.63, 3.8) is 0 Å². The largest absolute Gasteiger partial charge is 0.497 e. The Bertz CT molecular complexity index is 956. The van der Waals surface area contributed by atoms with E-state index in [0.717, 1.165) is 11.4 Å². The molecule has 0 aliphatic heterocycles. The number of aromatic nitrogens is 2. The third-order valence-corrected chi connectivity index (χ3v) is 3.85. The molecule has 0 spiro atoms. The van der Waals surface area contributed by atoms with E-state index < -0.39 is 0 Å². The van der Waals surface area contributed by atoms with Crippen LogP contribution < -0.4 is 15.0 Å². The van der Waals surface area contributed by atoms with Crippen molar-refractivity contribution in [3.05, 3.63) is 70.1 Å². The number of nitrogens with one attached hydrogen (secondary N) is 1. The van der Waals surface area contributed by atoms with E-state index in [-0.39, 0.29) is 5.56 Å². The molecule has 1 aromatic heterocycles. The number of hydrogen-bond donors (Lipinski definition) is 1. The summed E-state index contributed by atoms with van der Waals surface area (Å²) in [5, 5.41) is 3.07. The first-order chi connectivity index (χ1) is 12.1. The molecule has 0 unspecified atom stereocenters. The van der Waals surface area contributed by atoms with Gasteiger partial charge in [0.2, 0.25) is 0 Å². The van der Waals surface area contributed by atoms with Crippen LogP contribution in [0.3, 0.4) is 0 Å². The van der Waals surface area contributed by atoms with E-state index in [1.54, 1.807) is 38.6 Å². The Kier molecular flexibility index (Phi) is 4.70. The van der Waals surface area contributed by atoms with Crippen LogP contribution >= 0.6 is 0 Å². The Morgan fingerprint density at radius 2 is 1.84 bits per heavy atom. The first kappa shape index (κ1) is 16.6. The zero-order chi connectivity index (χ0) is 17.8. The van der Waals surface area contributed by atoms with Gasteiger partial charge in [0, 0.05) is 18.0 Å². The number of para-hydroxylation sites is 1. The number of hydrogen-bond acceptors (Lipinski definition) is 4. The smallest absolute Gasteiger partial charge is 0.280 e. The van der Waals surface area contributed by atoms with Crippen molar-refractivity contribution in [2.24, 2.45) is 4.99 Å². The van der Waals surface area contributed by atoms with Crippen molar-refractivity contribution in [2.45, 2.75) is 6.92 Å². The molecule has 1 heterocycles. The lowest BCUT2D eigenvalue weighted by molar-refractivity contribution is 0.395. The van der Waals surface area contributed by atoms with Crippen LogP contribution in [0, 0.1) is 6.92 Å². The van der Waals surface area contributed by atoms with E-state index in [9.17, 15) is 4.79 Å². The van der Waals surface area contributed by atoms with E-state index >= 15 is 0 Å². The highest BCUT2D eigenvalue weighted by Gasteiger charge is 2.11. The van der Waals surface area contributed by atoms with E-state index in [4.69, 9.17) is 9.47 Å². The second kappa shape index (κ2) is 7.09. The fourth-order valence-electron chi connectivity index (χ4n) is 2.50. The molecular weight excluding hydrogens is 318 g/mol. The molecule has 0 aliphatic carbocycles. The van der Waals surface area contributed by atoms with Gasteiger partial charge in [-0.1, -0.05) is 18.2 Å². The van der Waals surface area contributed by atoms with Crippen LogP contribution in [-0.4, -0.2) is 30.2 Å². The maximum atomic E-state index is 12.7. The molecule has 6 nitrogen and oxygen atoms in total. The average Bonchev–Trinajstić information content (AvgIpc) is 2.94. The van der Waals surface area contributed by atoms with Crippen molar-refractivity contribution in [3.8, 4) is 17.2 Å². The number of aromatic amines is 1. The molecule has 3 rings (SSSR count). The summed E-state index contributed by atoms with van der Waals surface area (Å²) in [6, 6.07) is 14.7. The predicted octanol–water partition coefficient (Wildman–Crippen LogP) is 3.24. The van der Waals surface area contributed by atoms with Crippen LogP contribution in [0.1, 0.15) is 11.3 Å². The number of rotatable bonds is 5. The van der Waals surface area contributed by atoms with Crippen LogP contribution in [0.2, 0.25) is 0 Å². The fraction of sp³-hybridized carbons (Fsp3) is 0.158. The lowest BCUT2D eigenvalue weighted by Crippen LogP contribution is -2.17. The van der Waals surface area contributed by atoms with E-state index in [0.29, 0.717) is 22.7 Å². The van der Waals surface area contributed by atoms with Gasteiger partial charge in [-0.05, 0) is 31.2 Å². The molecule has 128 valence electrons. The van der Waals surface area contributed by atoms with Crippen LogP contribution in [-0.2, 0) is 0 Å². The minimum atomic E-state index is -0.153. The van der Waals surface area contributed by atoms with E-state index in [2.05, 4.69) is 10.1 Å². The van der Waals surface area contributed by atoms with Gasteiger partial charge in [-0.25, -0.2) is 4.68 Å². The van der Waals surface area contributed by atoms with Gasteiger partial charge in [0.25, 0.3) is 5.56 Å². The first-order valence-corrected chi connectivity index (χ1v) is 7.77. The molecule has 0 atom stereocenters. The molecule has 0 aliphatic rings. The maximum absolute atomic E-state index is 12.7. The van der Waals surface area contributed by atoms with Gasteiger partial charge < -0.3 is 9.47 Å². The van der Waals surface area contributed by atoms with Crippen molar-refractivity contribution in [2.75, 3.05) is 14.2 Å². The molecule has 0 bridgehead atoms. The first-order valence-electron chi connectivity index (χ1n) is 7.77. The lowest BCUT2D eigenvalue weighted by atomic mass is 10.2. The van der Waals surface area contributed by atoms with Gasteiger partial charge >= 0.3 is 0 Å². The van der Waals surface area contributed by atoms with Crippen LogP contribution in [0.4, 0.5) is 5.69 Å². The predicted molar refractivity (Wildman–Crippen MR) is 97.9 cm³/mol. The third-order valence-electron chi connectivity index (χ3n) is 3.85. The molecule has 0 radical (unpaired) electrons. The van der Waals surface area contributed by atoms with Gasteiger partial charge in [0.1, 0.15) is 17.2 Å². The van der Waals surface area contributed by atoms with Gasteiger partial charge in [0.05, 0.1) is 25.5 Å². The molecule has 2 aromatic carbocycles. The SMILES string of the molecule is COc1ccc(N=Cc2c(C)[nH]n(-c3ccccc3)c2=O)c(OC)c1. The number of H-pyrrole nitrogens is 1. The fourth-order valence-corrected chi connectivity index (χ4v) is 2.50. The van der Waals surface area contributed by atoms with E-state index in [1.165, 1.54) is 4.68 Å². The average molecular weight is 337 g/mol. The highest BCUT2D eigenvalue weighted by Crippen LogP contribution is 2.31. The quantitative estimate of drug-likeness (QED) is 0.727. The Balaban J connectivity index is 1.98. The third kappa shape index (κ3) is 3.33. The molecule has 0 amide bonds. The molecular formula is C19H19N3O3. The second-order valence-corrected chi connectivity index (χ2v) is 5.42. The molecule has 0 saturated carbocycles. The number of ether oxygens (including phenoxy) is 2. The highest BCUT2D eigenvalue weighted by molar-refractivity contribution is 5.83. The summed E-state index contributed by atoms with van der Waals surface area (Å²) in [6.45, 7) is 1.84. The zero-order valence-corrected chi connectivity index (χ0v) is 14.3. The number of benzene rings is 2. The monoisotopic (exact) mass is 337 g/mol. The Labute approximate surface area is 145 Å². The summed E-state index contributed by atoms with van der Waals surface area (Å²) in [7, 11) is 3.16. The molecule has 6 heteroatoms. The standard InChI is InChI=1S/C19H19N3O3/c1-13-16(19(23)22(21-13)14-7-5-4-6-8-14)12-20-17-10-9-15(24-2)11-18(17)25-3/h4-12,21H,1-3H3. The van der Waals surface area contributed by atoms with Gasteiger partial charge in [-0.3, -0.25) is 14.9 Å². The summed E-state index contributed by atoms with van der Waals surface area (Å²) < 4.78 is 12.0. The molecule has 0 saturated heterocycles. The molecule has 0 fully saturated rings. The van der Waals surface area contributed by atoms with Crippen molar-refractivity contribution in [1.29, 1.82) is 0 Å². The van der Waals surface area contributed by atoms with Crippen LogP contribution in [0.5, 0.6) is 11.5 Å². The van der Waals surface area contributed by atoms with Gasteiger partial charge in [0.15, 0.2) is 0 Å². The Morgan fingerprint density at radius 3 is 2.52 bits per heavy atom. The van der Waals surface area contributed by atoms with Gasteiger partial charge in [-0.15, -0.1) is 0 Å². The minimum Gasteiger partial charge on any atom is -0.497 e. The minimum absolute atomic E-state index is 0.153. The number of aryl methyl sites for hydroxylation is 1. The topological polar surface area (TPSA) is 68.6 Å². The maximum Gasteiger partial charge on any atom is 0.280 e. The highest BCUT2D eigenvalue weighted by atomic mass is 16.5. The summed E-state index contributed by atoms with van der Waals surface area (Å²) in [4.78, 5) is 17.1. The molecule has 3 aromatic rings. The van der Waals surface area contributed by atoms with Crippen molar-refractivity contribution in [1.82, 2.24) is 9.78 Å². The van der Waals surface area contributed by atoms with Crippen molar-refractivity contribution < 1.29 is 9.47 Å². The summed E-state index contributed by atoms with van der Waals surface area (Å²) in [6.07, 6.45) is 1.55. The zero-order valence-electron chi connectivity index (χ0n) is 14.3. The molecule has 1 N–H and O–H groups in total. The number of aliphatic imine (C=N–C) groups is 1. The van der Waals surface area contributed by atoms with Gasteiger partial charge in [-0.2, -0.15) is 0 Å². The lowest BCUT2D eigenvalue weighted by Gasteiger charge is -2.06. The summed E-state index contributed by atoms with van der Waals surface area (Å²) in [5.74, 6) is 1.26.